The van der Waals surface area contributed by atoms with Gasteiger partial charge in [0, 0.05) is 12.1 Å². The molecule has 0 aliphatic carbocycles. The molecular formula is C13H24N2O. The van der Waals surface area contributed by atoms with E-state index in [1.54, 1.807) is 6.20 Å². The van der Waals surface area contributed by atoms with Crippen LogP contribution in [0.25, 0.3) is 0 Å². The van der Waals surface area contributed by atoms with Crippen molar-refractivity contribution < 1.29 is 4.52 Å². The first-order valence-corrected chi connectivity index (χ1v) is 6.46. The SMILES string of the molecule is CCCCCCCC(C)NCc1ccno1. The predicted octanol–water partition coefficient (Wildman–Crippen LogP) is 3.51. The van der Waals surface area contributed by atoms with E-state index in [0.717, 1.165) is 12.3 Å². The topological polar surface area (TPSA) is 38.1 Å². The van der Waals surface area contributed by atoms with E-state index in [9.17, 15) is 0 Å². The van der Waals surface area contributed by atoms with Crippen LogP contribution in [0.15, 0.2) is 16.8 Å². The Kier molecular flexibility index (Phi) is 6.90. The van der Waals surface area contributed by atoms with Crippen molar-refractivity contribution in [2.45, 2.75) is 65.0 Å². The standard InChI is InChI=1S/C13H24N2O/c1-3-4-5-6-7-8-12(2)14-11-13-9-10-15-16-13/h9-10,12,14H,3-8,11H2,1-2H3. The van der Waals surface area contributed by atoms with E-state index in [1.807, 2.05) is 6.07 Å². The maximum Gasteiger partial charge on any atom is 0.150 e. The molecule has 0 aliphatic rings. The fraction of sp³-hybridized carbons (Fsp3) is 0.769. The van der Waals surface area contributed by atoms with Crippen molar-refractivity contribution >= 4 is 0 Å². The van der Waals surface area contributed by atoms with Crippen LogP contribution < -0.4 is 5.32 Å². The summed E-state index contributed by atoms with van der Waals surface area (Å²) in [6.07, 6.45) is 9.70. The van der Waals surface area contributed by atoms with Gasteiger partial charge < -0.3 is 9.84 Å². The highest BCUT2D eigenvalue weighted by Crippen LogP contribution is 2.07. The second-order valence-corrected chi connectivity index (χ2v) is 4.46. The van der Waals surface area contributed by atoms with Crippen LogP contribution in [-0.4, -0.2) is 11.2 Å². The zero-order valence-electron chi connectivity index (χ0n) is 10.5. The lowest BCUT2D eigenvalue weighted by Gasteiger charge is -2.12. The predicted molar refractivity (Wildman–Crippen MR) is 66.2 cm³/mol. The first-order valence-electron chi connectivity index (χ1n) is 6.46. The van der Waals surface area contributed by atoms with Gasteiger partial charge in [-0.25, -0.2) is 0 Å². The largest absolute Gasteiger partial charge is 0.360 e. The fourth-order valence-corrected chi connectivity index (χ4v) is 1.76. The van der Waals surface area contributed by atoms with Gasteiger partial charge in [-0.3, -0.25) is 0 Å². The van der Waals surface area contributed by atoms with Crippen molar-refractivity contribution in [2.24, 2.45) is 0 Å². The molecule has 0 aromatic carbocycles. The third kappa shape index (κ3) is 5.91. The summed E-state index contributed by atoms with van der Waals surface area (Å²) >= 11 is 0. The number of aromatic nitrogens is 1. The molecule has 1 heterocycles. The number of hydrogen-bond acceptors (Lipinski definition) is 3. The summed E-state index contributed by atoms with van der Waals surface area (Å²) in [5.74, 6) is 0.915. The Morgan fingerprint density at radius 2 is 2.12 bits per heavy atom. The molecule has 0 bridgehead atoms. The second-order valence-electron chi connectivity index (χ2n) is 4.46. The summed E-state index contributed by atoms with van der Waals surface area (Å²) in [6.45, 7) is 5.27. The van der Waals surface area contributed by atoms with Crippen LogP contribution in [0, 0.1) is 0 Å². The van der Waals surface area contributed by atoms with Gasteiger partial charge in [0.15, 0.2) is 0 Å². The summed E-state index contributed by atoms with van der Waals surface area (Å²) in [7, 11) is 0. The first-order chi connectivity index (χ1) is 7.83. The molecule has 0 fully saturated rings. The van der Waals surface area contributed by atoms with Gasteiger partial charge in [-0.1, -0.05) is 44.2 Å². The molecule has 3 heteroatoms. The molecule has 0 spiro atoms. The Bertz CT molecular complexity index is 246. The van der Waals surface area contributed by atoms with E-state index >= 15 is 0 Å². The summed E-state index contributed by atoms with van der Waals surface area (Å²) in [4.78, 5) is 0. The molecule has 0 amide bonds. The second kappa shape index (κ2) is 8.34. The van der Waals surface area contributed by atoms with Crippen molar-refractivity contribution in [3.63, 3.8) is 0 Å². The Labute approximate surface area is 98.6 Å². The average molecular weight is 224 g/mol. The Morgan fingerprint density at radius 1 is 1.31 bits per heavy atom. The quantitative estimate of drug-likeness (QED) is 0.652. The van der Waals surface area contributed by atoms with Gasteiger partial charge in [0.25, 0.3) is 0 Å². The van der Waals surface area contributed by atoms with Crippen LogP contribution in [0.5, 0.6) is 0 Å². The third-order valence-corrected chi connectivity index (χ3v) is 2.86. The van der Waals surface area contributed by atoms with Crippen molar-refractivity contribution in [3.05, 3.63) is 18.0 Å². The lowest BCUT2D eigenvalue weighted by molar-refractivity contribution is 0.360. The molecule has 0 radical (unpaired) electrons. The van der Waals surface area contributed by atoms with E-state index in [4.69, 9.17) is 4.52 Å². The van der Waals surface area contributed by atoms with Gasteiger partial charge in [0.2, 0.25) is 0 Å². The van der Waals surface area contributed by atoms with Crippen molar-refractivity contribution in [2.75, 3.05) is 0 Å². The minimum Gasteiger partial charge on any atom is -0.360 e. The normalized spacial score (nSPS) is 12.9. The van der Waals surface area contributed by atoms with Gasteiger partial charge in [0.1, 0.15) is 5.76 Å². The summed E-state index contributed by atoms with van der Waals surface area (Å²) < 4.78 is 5.03. The summed E-state index contributed by atoms with van der Waals surface area (Å²) in [5, 5.41) is 7.12. The molecule has 1 unspecified atom stereocenters. The van der Waals surface area contributed by atoms with Gasteiger partial charge in [-0.05, 0) is 13.3 Å². The van der Waals surface area contributed by atoms with Crippen LogP contribution in [-0.2, 0) is 6.54 Å². The maximum atomic E-state index is 5.03. The Balaban J connectivity index is 1.96. The molecular weight excluding hydrogens is 200 g/mol. The minimum absolute atomic E-state index is 0.562. The molecule has 16 heavy (non-hydrogen) atoms. The van der Waals surface area contributed by atoms with Gasteiger partial charge in [-0.15, -0.1) is 0 Å². The zero-order chi connectivity index (χ0) is 11.6. The molecule has 1 aromatic heterocycles. The monoisotopic (exact) mass is 224 g/mol. The minimum atomic E-state index is 0.562. The average Bonchev–Trinajstić information content (AvgIpc) is 2.79. The van der Waals surface area contributed by atoms with E-state index in [-0.39, 0.29) is 0 Å². The lowest BCUT2D eigenvalue weighted by atomic mass is 10.1. The smallest absolute Gasteiger partial charge is 0.150 e. The van der Waals surface area contributed by atoms with Crippen LogP contribution in [0.2, 0.25) is 0 Å². The Hall–Kier alpha value is -0.830. The van der Waals surface area contributed by atoms with E-state index in [2.05, 4.69) is 24.3 Å². The Morgan fingerprint density at radius 3 is 2.81 bits per heavy atom. The number of unbranched alkanes of at least 4 members (excludes halogenated alkanes) is 4. The molecule has 1 atom stereocenters. The van der Waals surface area contributed by atoms with Crippen molar-refractivity contribution in [3.8, 4) is 0 Å². The molecule has 1 N–H and O–H groups in total. The van der Waals surface area contributed by atoms with E-state index in [1.165, 1.54) is 38.5 Å². The fourth-order valence-electron chi connectivity index (χ4n) is 1.76. The van der Waals surface area contributed by atoms with Crippen LogP contribution in [0.4, 0.5) is 0 Å². The molecule has 1 aromatic rings. The highest BCUT2D eigenvalue weighted by molar-refractivity contribution is 4.92. The summed E-state index contributed by atoms with van der Waals surface area (Å²) in [6, 6.07) is 2.47. The highest BCUT2D eigenvalue weighted by Gasteiger charge is 2.02. The first kappa shape index (κ1) is 13.2. The van der Waals surface area contributed by atoms with Crippen LogP contribution in [0.1, 0.15) is 58.1 Å². The third-order valence-electron chi connectivity index (χ3n) is 2.86. The summed E-state index contributed by atoms with van der Waals surface area (Å²) in [5.41, 5.74) is 0. The molecule has 0 saturated heterocycles. The molecule has 1 rings (SSSR count). The van der Waals surface area contributed by atoms with Gasteiger partial charge in [-0.2, -0.15) is 0 Å². The molecule has 0 aliphatic heterocycles. The van der Waals surface area contributed by atoms with Crippen molar-refractivity contribution in [1.29, 1.82) is 0 Å². The number of hydrogen-bond donors (Lipinski definition) is 1. The maximum absolute atomic E-state index is 5.03. The van der Waals surface area contributed by atoms with E-state index < -0.39 is 0 Å². The van der Waals surface area contributed by atoms with Crippen molar-refractivity contribution in [1.82, 2.24) is 10.5 Å². The number of nitrogens with one attached hydrogen (secondary N) is 1. The molecule has 0 saturated carbocycles. The van der Waals surface area contributed by atoms with Crippen LogP contribution >= 0.6 is 0 Å². The highest BCUT2D eigenvalue weighted by atomic mass is 16.5. The molecule has 92 valence electrons. The zero-order valence-corrected chi connectivity index (χ0v) is 10.5. The van der Waals surface area contributed by atoms with Gasteiger partial charge in [0.05, 0.1) is 12.7 Å². The number of rotatable bonds is 9. The van der Waals surface area contributed by atoms with E-state index in [0.29, 0.717) is 6.04 Å². The van der Waals surface area contributed by atoms with Crippen LogP contribution in [0.3, 0.4) is 0 Å². The van der Waals surface area contributed by atoms with Gasteiger partial charge >= 0.3 is 0 Å². The number of nitrogens with zero attached hydrogens (tertiary/aromatic N) is 1. The molecule has 3 nitrogen and oxygen atoms in total. The lowest BCUT2D eigenvalue weighted by Crippen LogP contribution is -2.25.